The fourth-order valence-electron chi connectivity index (χ4n) is 0.712. The van der Waals surface area contributed by atoms with Gasteiger partial charge in [0.2, 0.25) is 0 Å². The minimum Gasteiger partial charge on any atom is -0.310 e. The average molecular weight is 273 g/mol. The van der Waals surface area contributed by atoms with Crippen LogP contribution in [0.3, 0.4) is 0 Å². The summed E-state index contributed by atoms with van der Waals surface area (Å²) < 4.78 is 0.679. The average Bonchev–Trinajstić information content (AvgIpc) is 1.97. The van der Waals surface area contributed by atoms with E-state index >= 15 is 0 Å². The molecule has 0 rings (SSSR count). The van der Waals surface area contributed by atoms with Gasteiger partial charge < -0.3 is 4.84 Å². The van der Waals surface area contributed by atoms with E-state index < -0.39 is 5.09 Å². The Kier molecular flexibility index (Phi) is 6.59. The number of rotatable bonds is 6. The molecule has 0 heterocycles. The van der Waals surface area contributed by atoms with Crippen LogP contribution in [0, 0.1) is 10.1 Å². The zero-order valence-corrected chi connectivity index (χ0v) is 8.61. The second kappa shape index (κ2) is 6.63. The highest BCUT2D eigenvalue weighted by Gasteiger charge is 2.09. The van der Waals surface area contributed by atoms with Gasteiger partial charge in [0.1, 0.15) is 6.10 Å². The van der Waals surface area contributed by atoms with E-state index in [4.69, 9.17) is 0 Å². The van der Waals surface area contributed by atoms with Crippen LogP contribution in [0.1, 0.15) is 26.2 Å². The lowest BCUT2D eigenvalue weighted by Crippen LogP contribution is -2.18. The van der Waals surface area contributed by atoms with Crippen LogP contribution >= 0.6 is 22.6 Å². The van der Waals surface area contributed by atoms with Crippen LogP contribution in [-0.2, 0) is 4.84 Å². The Morgan fingerprint density at radius 2 is 2.36 bits per heavy atom. The molecule has 66 valence electrons. The van der Waals surface area contributed by atoms with Gasteiger partial charge in [0.05, 0.1) is 0 Å². The topological polar surface area (TPSA) is 52.4 Å². The Morgan fingerprint density at radius 3 is 2.73 bits per heavy atom. The van der Waals surface area contributed by atoms with Crippen molar-refractivity contribution in [1.29, 1.82) is 0 Å². The van der Waals surface area contributed by atoms with Crippen LogP contribution in [0.2, 0.25) is 0 Å². The summed E-state index contributed by atoms with van der Waals surface area (Å²) in [6, 6.07) is 0. The number of alkyl halides is 1. The van der Waals surface area contributed by atoms with E-state index in [1.807, 2.05) is 0 Å². The fraction of sp³-hybridized carbons (Fsp3) is 1.00. The van der Waals surface area contributed by atoms with Crippen LogP contribution in [-0.4, -0.2) is 15.6 Å². The molecule has 4 nitrogen and oxygen atoms in total. The number of unbranched alkanes of at least 4 members (excludes halogenated alkanes) is 1. The second-order valence-electron chi connectivity index (χ2n) is 2.25. The molecule has 1 atom stereocenters. The minimum absolute atomic E-state index is 0.217. The number of nitrogens with zero attached hydrogens (tertiary/aromatic N) is 1. The van der Waals surface area contributed by atoms with Gasteiger partial charge >= 0.3 is 0 Å². The van der Waals surface area contributed by atoms with Gasteiger partial charge in [-0.1, -0.05) is 42.4 Å². The molecule has 1 unspecified atom stereocenters. The largest absolute Gasteiger partial charge is 0.310 e. The molecule has 0 bridgehead atoms. The molecule has 0 fully saturated rings. The SMILES string of the molecule is CCCCC(CI)O[N+](=O)[O-]. The van der Waals surface area contributed by atoms with E-state index in [0.717, 1.165) is 19.3 Å². The Labute approximate surface area is 79.5 Å². The number of hydrogen-bond acceptors (Lipinski definition) is 3. The molecule has 0 aromatic heterocycles. The van der Waals surface area contributed by atoms with Crippen molar-refractivity contribution in [3.05, 3.63) is 10.1 Å². The van der Waals surface area contributed by atoms with Gasteiger partial charge in [-0.2, -0.15) is 0 Å². The van der Waals surface area contributed by atoms with E-state index in [2.05, 4.69) is 34.4 Å². The van der Waals surface area contributed by atoms with Gasteiger partial charge in [0.15, 0.2) is 0 Å². The summed E-state index contributed by atoms with van der Waals surface area (Å²) in [6.45, 7) is 2.05. The molecule has 0 amide bonds. The van der Waals surface area contributed by atoms with E-state index in [1.165, 1.54) is 0 Å². The summed E-state index contributed by atoms with van der Waals surface area (Å²) in [5.74, 6) is 0. The van der Waals surface area contributed by atoms with Crippen molar-refractivity contribution < 1.29 is 9.92 Å². The summed E-state index contributed by atoms with van der Waals surface area (Å²) in [5.41, 5.74) is 0. The lowest BCUT2D eigenvalue weighted by atomic mass is 10.2. The highest BCUT2D eigenvalue weighted by Crippen LogP contribution is 2.07. The quantitative estimate of drug-likeness (QED) is 0.322. The van der Waals surface area contributed by atoms with Gasteiger partial charge in [0, 0.05) is 4.43 Å². The van der Waals surface area contributed by atoms with E-state index in [-0.39, 0.29) is 6.10 Å². The smallest absolute Gasteiger partial charge is 0.294 e. The lowest BCUT2D eigenvalue weighted by molar-refractivity contribution is -0.767. The normalized spacial score (nSPS) is 12.5. The minimum atomic E-state index is -0.709. The van der Waals surface area contributed by atoms with Gasteiger partial charge in [0.25, 0.3) is 5.09 Å². The standard InChI is InChI=1S/C6H12INO3/c1-2-3-4-6(5-7)11-8(9)10/h6H,2-5H2,1H3. The molecule has 0 aromatic rings. The van der Waals surface area contributed by atoms with Gasteiger partial charge in [-0.15, -0.1) is 10.1 Å². The molecule has 11 heavy (non-hydrogen) atoms. The Morgan fingerprint density at radius 1 is 1.73 bits per heavy atom. The molecule has 0 aliphatic heterocycles. The van der Waals surface area contributed by atoms with Crippen LogP contribution in [0.15, 0.2) is 0 Å². The number of halogens is 1. The highest BCUT2D eigenvalue weighted by atomic mass is 127. The summed E-state index contributed by atoms with van der Waals surface area (Å²) in [5, 5.41) is 9.20. The van der Waals surface area contributed by atoms with Crippen LogP contribution in [0.4, 0.5) is 0 Å². The third-order valence-electron chi connectivity index (χ3n) is 1.29. The first-order chi connectivity index (χ1) is 5.20. The van der Waals surface area contributed by atoms with E-state index in [9.17, 15) is 10.1 Å². The van der Waals surface area contributed by atoms with Gasteiger partial charge in [-0.3, -0.25) is 0 Å². The second-order valence-corrected chi connectivity index (χ2v) is 3.13. The molecular weight excluding hydrogens is 261 g/mol. The van der Waals surface area contributed by atoms with Crippen LogP contribution in [0.5, 0.6) is 0 Å². The van der Waals surface area contributed by atoms with Crippen molar-refractivity contribution in [2.24, 2.45) is 0 Å². The zero-order valence-electron chi connectivity index (χ0n) is 6.46. The Bertz CT molecular complexity index is 120. The first-order valence-electron chi connectivity index (χ1n) is 3.57. The maximum atomic E-state index is 9.91. The van der Waals surface area contributed by atoms with E-state index in [1.54, 1.807) is 0 Å². The lowest BCUT2D eigenvalue weighted by Gasteiger charge is -2.09. The maximum absolute atomic E-state index is 9.91. The van der Waals surface area contributed by atoms with Crippen LogP contribution in [0.25, 0.3) is 0 Å². The monoisotopic (exact) mass is 273 g/mol. The molecule has 0 N–H and O–H groups in total. The first kappa shape index (κ1) is 10.9. The van der Waals surface area contributed by atoms with Crippen LogP contribution < -0.4 is 0 Å². The van der Waals surface area contributed by atoms with Gasteiger partial charge in [-0.05, 0) is 6.42 Å². The van der Waals surface area contributed by atoms with Crippen molar-refractivity contribution in [2.75, 3.05) is 4.43 Å². The summed E-state index contributed by atoms with van der Waals surface area (Å²) in [4.78, 5) is 14.3. The fourth-order valence-corrected chi connectivity index (χ4v) is 1.31. The molecule has 0 aromatic carbocycles. The molecule has 0 radical (unpaired) electrons. The molecule has 0 spiro atoms. The molecule has 0 aliphatic rings. The third-order valence-corrected chi connectivity index (χ3v) is 2.27. The summed E-state index contributed by atoms with van der Waals surface area (Å²) in [7, 11) is 0. The van der Waals surface area contributed by atoms with E-state index in [0.29, 0.717) is 4.43 Å². The molecular formula is C6H12INO3. The zero-order chi connectivity index (χ0) is 8.69. The third kappa shape index (κ3) is 6.33. The van der Waals surface area contributed by atoms with Crippen molar-refractivity contribution in [3.8, 4) is 0 Å². The summed E-state index contributed by atoms with van der Waals surface area (Å²) in [6.07, 6.45) is 2.60. The number of hydrogen-bond donors (Lipinski definition) is 0. The molecule has 5 heteroatoms. The first-order valence-corrected chi connectivity index (χ1v) is 5.10. The van der Waals surface area contributed by atoms with Gasteiger partial charge in [-0.25, -0.2) is 0 Å². The molecule has 0 saturated heterocycles. The van der Waals surface area contributed by atoms with Crippen molar-refractivity contribution in [2.45, 2.75) is 32.3 Å². The molecule has 0 aliphatic carbocycles. The predicted octanol–water partition coefficient (Wildman–Crippen LogP) is 2.19. The summed E-state index contributed by atoms with van der Waals surface area (Å²) >= 11 is 2.09. The highest BCUT2D eigenvalue weighted by molar-refractivity contribution is 14.1. The van der Waals surface area contributed by atoms with Crippen molar-refractivity contribution >= 4 is 22.6 Å². The Balaban J connectivity index is 3.49. The Hall–Kier alpha value is -0.0700. The molecule has 0 saturated carbocycles. The predicted molar refractivity (Wildman–Crippen MR) is 50.3 cm³/mol. The maximum Gasteiger partial charge on any atom is 0.294 e. The van der Waals surface area contributed by atoms with Crippen molar-refractivity contribution in [3.63, 3.8) is 0 Å². The van der Waals surface area contributed by atoms with Crippen molar-refractivity contribution in [1.82, 2.24) is 0 Å².